The quantitative estimate of drug-likeness (QED) is 0.890. The van der Waals surface area contributed by atoms with E-state index >= 15 is 0 Å². The molecule has 2 aromatic carbocycles. The smallest absolute Gasteiger partial charge is 0.410 e. The van der Waals surface area contributed by atoms with E-state index in [0.29, 0.717) is 17.0 Å². The molecule has 0 spiro atoms. The second-order valence-corrected chi connectivity index (χ2v) is 3.97. The third-order valence-corrected chi connectivity index (χ3v) is 2.56. The molecule has 0 fully saturated rings. The molecule has 0 heterocycles. The maximum atomic E-state index is 11.7. The van der Waals surface area contributed by atoms with E-state index in [0.717, 1.165) is 5.56 Å². The minimum absolute atomic E-state index is 0.467. The minimum Gasteiger partial charge on any atom is -0.410 e. The van der Waals surface area contributed by atoms with Gasteiger partial charge in [0.2, 0.25) is 0 Å². The lowest BCUT2D eigenvalue weighted by molar-refractivity contribution is 0.215. The van der Waals surface area contributed by atoms with Gasteiger partial charge in [-0.15, -0.1) is 0 Å². The van der Waals surface area contributed by atoms with Crippen LogP contribution in [0.1, 0.15) is 11.1 Å². The van der Waals surface area contributed by atoms with Crippen LogP contribution in [0.25, 0.3) is 0 Å². The number of aryl methyl sites for hydroxylation is 1. The number of hydrogen-bond donors (Lipinski definition) is 1. The summed E-state index contributed by atoms with van der Waals surface area (Å²) >= 11 is 0. The number of nitrogens with zero attached hydrogens (tertiary/aromatic N) is 1. The van der Waals surface area contributed by atoms with E-state index in [1.165, 1.54) is 0 Å². The van der Waals surface area contributed by atoms with Crippen LogP contribution in [0.3, 0.4) is 0 Å². The van der Waals surface area contributed by atoms with E-state index in [4.69, 9.17) is 10.00 Å². The number of benzene rings is 2. The Labute approximate surface area is 111 Å². The predicted octanol–water partition coefficient (Wildman–Crippen LogP) is 3.48. The molecular weight excluding hydrogens is 240 g/mol. The molecule has 19 heavy (non-hydrogen) atoms. The maximum absolute atomic E-state index is 11.7. The van der Waals surface area contributed by atoms with Crippen molar-refractivity contribution in [2.45, 2.75) is 6.92 Å². The van der Waals surface area contributed by atoms with Gasteiger partial charge in [0.25, 0.3) is 0 Å². The minimum atomic E-state index is -0.579. The fraction of sp³-hybridized carbons (Fsp3) is 0.0667. The normalized spacial score (nSPS) is 9.47. The summed E-state index contributed by atoms with van der Waals surface area (Å²) in [6.07, 6.45) is -0.579. The average molecular weight is 252 g/mol. The largest absolute Gasteiger partial charge is 0.417 e. The lowest BCUT2D eigenvalue weighted by Crippen LogP contribution is -2.17. The molecule has 2 aromatic rings. The molecule has 4 nitrogen and oxygen atoms in total. The van der Waals surface area contributed by atoms with E-state index < -0.39 is 6.09 Å². The second-order valence-electron chi connectivity index (χ2n) is 3.97. The number of ether oxygens (including phenoxy) is 1. The van der Waals surface area contributed by atoms with Crippen molar-refractivity contribution >= 4 is 11.8 Å². The van der Waals surface area contributed by atoms with Crippen molar-refractivity contribution in [1.82, 2.24) is 0 Å². The Kier molecular flexibility index (Phi) is 3.79. The van der Waals surface area contributed by atoms with E-state index in [2.05, 4.69) is 5.32 Å². The van der Waals surface area contributed by atoms with Gasteiger partial charge >= 0.3 is 6.09 Å². The van der Waals surface area contributed by atoms with E-state index in [-0.39, 0.29) is 0 Å². The Morgan fingerprint density at radius 2 is 1.95 bits per heavy atom. The number of carbonyl (C=O) groups excluding carboxylic acids is 1. The summed E-state index contributed by atoms with van der Waals surface area (Å²) in [6.45, 7) is 1.85. The molecule has 0 aliphatic carbocycles. The third-order valence-electron chi connectivity index (χ3n) is 2.56. The van der Waals surface area contributed by atoms with Crippen molar-refractivity contribution in [2.75, 3.05) is 5.32 Å². The fourth-order valence-corrected chi connectivity index (χ4v) is 1.56. The van der Waals surface area contributed by atoms with Gasteiger partial charge in [-0.1, -0.05) is 24.3 Å². The number of anilines is 1. The van der Waals surface area contributed by atoms with E-state index in [9.17, 15) is 4.79 Å². The van der Waals surface area contributed by atoms with Crippen molar-refractivity contribution in [2.24, 2.45) is 0 Å². The van der Waals surface area contributed by atoms with Crippen molar-refractivity contribution in [3.63, 3.8) is 0 Å². The predicted molar refractivity (Wildman–Crippen MR) is 72.0 cm³/mol. The summed E-state index contributed by atoms with van der Waals surface area (Å²) in [7, 11) is 0. The van der Waals surface area contributed by atoms with Gasteiger partial charge in [0.05, 0.1) is 11.6 Å². The number of hydrogen-bond acceptors (Lipinski definition) is 3. The van der Waals surface area contributed by atoms with Crippen molar-refractivity contribution in [3.8, 4) is 11.8 Å². The van der Waals surface area contributed by atoms with Crippen LogP contribution in [-0.2, 0) is 0 Å². The van der Waals surface area contributed by atoms with E-state index in [1.54, 1.807) is 42.5 Å². The highest BCUT2D eigenvalue weighted by Gasteiger charge is 2.07. The van der Waals surface area contributed by atoms with Crippen LogP contribution in [-0.4, -0.2) is 6.09 Å². The molecule has 0 aliphatic heterocycles. The van der Waals surface area contributed by atoms with Crippen LogP contribution in [0.4, 0.5) is 10.5 Å². The molecule has 1 N–H and O–H groups in total. The van der Waals surface area contributed by atoms with Gasteiger partial charge in [-0.25, -0.2) is 4.79 Å². The molecule has 4 heteroatoms. The summed E-state index contributed by atoms with van der Waals surface area (Å²) < 4.78 is 5.11. The van der Waals surface area contributed by atoms with Crippen molar-refractivity contribution in [1.29, 1.82) is 5.26 Å². The zero-order chi connectivity index (χ0) is 13.7. The lowest BCUT2D eigenvalue weighted by Gasteiger charge is -2.09. The van der Waals surface area contributed by atoms with Crippen molar-refractivity contribution in [3.05, 3.63) is 59.7 Å². The van der Waals surface area contributed by atoms with Crippen LogP contribution in [0, 0.1) is 18.3 Å². The van der Waals surface area contributed by atoms with Gasteiger partial charge in [0.15, 0.2) is 0 Å². The number of amides is 1. The molecule has 1 amide bonds. The maximum Gasteiger partial charge on any atom is 0.417 e. The summed E-state index contributed by atoms with van der Waals surface area (Å²) in [6, 6.07) is 15.9. The number of nitrogens with one attached hydrogen (secondary N) is 1. The number of rotatable bonds is 2. The average Bonchev–Trinajstić information content (AvgIpc) is 2.42. The van der Waals surface area contributed by atoms with Crippen LogP contribution in [0.5, 0.6) is 5.75 Å². The number of nitriles is 1. The van der Waals surface area contributed by atoms with Gasteiger partial charge in [0.1, 0.15) is 5.75 Å². The molecule has 0 saturated heterocycles. The molecule has 0 saturated carbocycles. The standard InChI is InChI=1S/C15H12N2O2/c1-11-7-8-12(10-16)9-14(11)17-15(18)19-13-5-3-2-4-6-13/h2-9H,1H3,(H,17,18). The molecular formula is C15H12N2O2. The molecule has 0 aliphatic rings. The molecule has 94 valence electrons. The summed E-state index contributed by atoms with van der Waals surface area (Å²) in [5.74, 6) is 0.467. The SMILES string of the molecule is Cc1ccc(C#N)cc1NC(=O)Oc1ccccc1. The zero-order valence-electron chi connectivity index (χ0n) is 10.4. The van der Waals surface area contributed by atoms with Gasteiger partial charge in [0, 0.05) is 5.69 Å². The highest BCUT2D eigenvalue weighted by molar-refractivity contribution is 5.87. The summed E-state index contributed by atoms with van der Waals surface area (Å²) in [5.41, 5.74) is 1.92. The molecule has 2 rings (SSSR count). The van der Waals surface area contributed by atoms with Crippen LogP contribution in [0.15, 0.2) is 48.5 Å². The topological polar surface area (TPSA) is 62.1 Å². The monoisotopic (exact) mass is 252 g/mol. The molecule has 0 unspecified atom stereocenters. The first kappa shape index (κ1) is 12.7. The lowest BCUT2D eigenvalue weighted by atomic mass is 10.1. The Balaban J connectivity index is 2.09. The number of para-hydroxylation sites is 1. The summed E-state index contributed by atoms with van der Waals surface area (Å²) in [4.78, 5) is 11.7. The van der Waals surface area contributed by atoms with Gasteiger partial charge in [-0.3, -0.25) is 5.32 Å². The highest BCUT2D eigenvalue weighted by atomic mass is 16.6. The zero-order valence-corrected chi connectivity index (χ0v) is 10.4. The Bertz CT molecular complexity index is 630. The first-order valence-electron chi connectivity index (χ1n) is 5.73. The molecule has 0 bridgehead atoms. The molecule has 0 aromatic heterocycles. The molecule has 0 radical (unpaired) electrons. The first-order valence-corrected chi connectivity index (χ1v) is 5.73. The van der Waals surface area contributed by atoms with Gasteiger partial charge in [-0.05, 0) is 36.8 Å². The van der Waals surface area contributed by atoms with Crippen molar-refractivity contribution < 1.29 is 9.53 Å². The molecule has 0 atom stereocenters. The number of carbonyl (C=O) groups is 1. The third kappa shape index (κ3) is 3.33. The van der Waals surface area contributed by atoms with Gasteiger partial charge < -0.3 is 4.74 Å². The fourth-order valence-electron chi connectivity index (χ4n) is 1.56. The Morgan fingerprint density at radius 3 is 2.63 bits per heavy atom. The van der Waals surface area contributed by atoms with E-state index in [1.807, 2.05) is 19.1 Å². The Morgan fingerprint density at radius 1 is 1.21 bits per heavy atom. The first-order chi connectivity index (χ1) is 9.19. The van der Waals surface area contributed by atoms with Gasteiger partial charge in [-0.2, -0.15) is 5.26 Å². The van der Waals surface area contributed by atoms with Crippen LogP contribution in [0.2, 0.25) is 0 Å². The second kappa shape index (κ2) is 5.69. The summed E-state index contributed by atoms with van der Waals surface area (Å²) in [5, 5.41) is 11.4. The van der Waals surface area contributed by atoms with Crippen LogP contribution < -0.4 is 10.1 Å². The van der Waals surface area contributed by atoms with Crippen LogP contribution >= 0.6 is 0 Å². The Hall–Kier alpha value is -2.80. The highest BCUT2D eigenvalue weighted by Crippen LogP contribution is 2.17.